The number of amides is 1. The number of anilines is 1. The van der Waals surface area contributed by atoms with Gasteiger partial charge in [-0.25, -0.2) is 9.78 Å². The lowest BCUT2D eigenvalue weighted by molar-refractivity contribution is -0.129. The molecule has 7 heteroatoms. The number of carbonyl (C=O) groups is 2. The van der Waals surface area contributed by atoms with Crippen molar-refractivity contribution in [1.82, 2.24) is 14.9 Å². The van der Waals surface area contributed by atoms with Crippen LogP contribution >= 0.6 is 0 Å². The van der Waals surface area contributed by atoms with Gasteiger partial charge >= 0.3 is 5.97 Å². The molecule has 1 atom stereocenters. The highest BCUT2D eigenvalue weighted by atomic mass is 16.4. The third-order valence-corrected chi connectivity index (χ3v) is 2.03. The number of hydrogen-bond donors (Lipinski definition) is 2. The molecule has 0 aliphatic rings. The molecule has 1 aromatic rings. The van der Waals surface area contributed by atoms with Crippen molar-refractivity contribution in [3.8, 4) is 0 Å². The summed E-state index contributed by atoms with van der Waals surface area (Å²) in [6.07, 6.45) is 2.51. The third kappa shape index (κ3) is 3.40. The molecule has 0 aromatic carbocycles. The smallest absolute Gasteiger partial charge is 0.356 e. The molecule has 92 valence electrons. The largest absolute Gasteiger partial charge is 0.476 e. The van der Waals surface area contributed by atoms with Crippen molar-refractivity contribution < 1.29 is 14.7 Å². The van der Waals surface area contributed by atoms with Gasteiger partial charge in [-0.2, -0.15) is 0 Å². The van der Waals surface area contributed by atoms with Gasteiger partial charge in [-0.1, -0.05) is 0 Å². The van der Waals surface area contributed by atoms with Gasteiger partial charge in [0.1, 0.15) is 11.9 Å². The van der Waals surface area contributed by atoms with Crippen LogP contribution < -0.4 is 5.32 Å². The van der Waals surface area contributed by atoms with Crippen molar-refractivity contribution in [2.75, 3.05) is 19.4 Å². The van der Waals surface area contributed by atoms with E-state index in [4.69, 9.17) is 5.11 Å². The lowest BCUT2D eigenvalue weighted by atomic mass is 10.3. The monoisotopic (exact) mass is 238 g/mol. The van der Waals surface area contributed by atoms with Crippen LogP contribution in [0, 0.1) is 0 Å². The average molecular weight is 238 g/mol. The van der Waals surface area contributed by atoms with Crippen molar-refractivity contribution in [1.29, 1.82) is 0 Å². The summed E-state index contributed by atoms with van der Waals surface area (Å²) in [5, 5.41) is 11.5. The van der Waals surface area contributed by atoms with E-state index in [1.165, 1.54) is 11.1 Å². The Balaban J connectivity index is 2.78. The fraction of sp³-hybridized carbons (Fsp3) is 0.400. The second-order valence-corrected chi connectivity index (χ2v) is 3.69. The number of nitrogens with one attached hydrogen (secondary N) is 1. The summed E-state index contributed by atoms with van der Waals surface area (Å²) in [6.45, 7) is 1.66. The molecule has 2 N–H and O–H groups in total. The Morgan fingerprint density at radius 3 is 2.59 bits per heavy atom. The van der Waals surface area contributed by atoms with E-state index in [1.807, 2.05) is 0 Å². The van der Waals surface area contributed by atoms with E-state index in [0.29, 0.717) is 0 Å². The zero-order valence-electron chi connectivity index (χ0n) is 9.84. The van der Waals surface area contributed by atoms with Crippen LogP contribution in [0.3, 0.4) is 0 Å². The number of rotatable bonds is 4. The predicted octanol–water partition coefficient (Wildman–Crippen LogP) is 0.0634. The molecule has 0 aliphatic carbocycles. The molecule has 1 aromatic heterocycles. The lowest BCUT2D eigenvalue weighted by Crippen LogP contribution is -2.36. The summed E-state index contributed by atoms with van der Waals surface area (Å²) in [7, 11) is 3.28. The summed E-state index contributed by atoms with van der Waals surface area (Å²) in [4.78, 5) is 31.2. The van der Waals surface area contributed by atoms with Gasteiger partial charge in [-0.15, -0.1) is 0 Å². The first-order valence-corrected chi connectivity index (χ1v) is 4.95. The molecular weight excluding hydrogens is 224 g/mol. The van der Waals surface area contributed by atoms with Crippen molar-refractivity contribution >= 4 is 17.7 Å². The van der Waals surface area contributed by atoms with E-state index < -0.39 is 12.0 Å². The fourth-order valence-electron chi connectivity index (χ4n) is 1.21. The molecule has 1 amide bonds. The minimum absolute atomic E-state index is 0.132. The fourth-order valence-corrected chi connectivity index (χ4v) is 1.21. The Kier molecular flexibility index (Phi) is 3.97. The summed E-state index contributed by atoms with van der Waals surface area (Å²) in [5.74, 6) is -1.03. The molecule has 1 unspecified atom stereocenters. The number of carboxylic acid groups (broad SMARTS) is 1. The topological polar surface area (TPSA) is 95.4 Å². The van der Waals surface area contributed by atoms with Gasteiger partial charge in [0, 0.05) is 14.1 Å². The minimum atomic E-state index is -1.16. The molecule has 7 nitrogen and oxygen atoms in total. The van der Waals surface area contributed by atoms with Gasteiger partial charge < -0.3 is 15.3 Å². The molecule has 1 heterocycles. The van der Waals surface area contributed by atoms with E-state index in [-0.39, 0.29) is 17.4 Å². The van der Waals surface area contributed by atoms with Gasteiger partial charge in [0.15, 0.2) is 5.69 Å². The number of carbonyl (C=O) groups excluding carboxylic acids is 1. The van der Waals surface area contributed by atoms with E-state index >= 15 is 0 Å². The first-order chi connectivity index (χ1) is 7.91. The van der Waals surface area contributed by atoms with Crippen LogP contribution in [0.25, 0.3) is 0 Å². The number of nitrogens with zero attached hydrogens (tertiary/aromatic N) is 3. The standard InChI is InChI=1S/C10H14N4O3/c1-6(9(15)14(2)3)12-8-5-11-4-7(13-8)10(16)17/h4-6H,1-3H3,(H,12,13)(H,16,17). The Hall–Kier alpha value is -2.18. The van der Waals surface area contributed by atoms with Crippen molar-refractivity contribution in [3.63, 3.8) is 0 Å². The summed E-state index contributed by atoms with van der Waals surface area (Å²) in [6, 6.07) is -0.497. The average Bonchev–Trinajstić information content (AvgIpc) is 2.28. The van der Waals surface area contributed by atoms with E-state index in [2.05, 4.69) is 15.3 Å². The van der Waals surface area contributed by atoms with Gasteiger partial charge in [0.25, 0.3) is 0 Å². The molecule has 0 radical (unpaired) electrons. The molecule has 0 saturated heterocycles. The van der Waals surface area contributed by atoms with Crippen LogP contribution in [-0.2, 0) is 4.79 Å². The van der Waals surface area contributed by atoms with Crippen LogP contribution in [-0.4, -0.2) is 52.0 Å². The van der Waals surface area contributed by atoms with Crippen LogP contribution in [0.15, 0.2) is 12.4 Å². The Morgan fingerprint density at radius 1 is 1.41 bits per heavy atom. The molecule has 0 fully saturated rings. The quantitative estimate of drug-likeness (QED) is 0.770. The zero-order chi connectivity index (χ0) is 13.0. The number of likely N-dealkylation sites (N-methyl/N-ethyl adjacent to an activating group) is 1. The maximum Gasteiger partial charge on any atom is 0.356 e. The zero-order valence-corrected chi connectivity index (χ0v) is 9.84. The maximum absolute atomic E-state index is 11.6. The van der Waals surface area contributed by atoms with Crippen molar-refractivity contribution in [2.45, 2.75) is 13.0 Å². The van der Waals surface area contributed by atoms with Crippen LogP contribution in [0.5, 0.6) is 0 Å². The molecular formula is C10H14N4O3. The minimum Gasteiger partial charge on any atom is -0.476 e. The van der Waals surface area contributed by atoms with Gasteiger partial charge in [-0.05, 0) is 6.92 Å². The molecule has 0 saturated carbocycles. The van der Waals surface area contributed by atoms with Crippen LogP contribution in [0.4, 0.5) is 5.82 Å². The maximum atomic E-state index is 11.6. The second kappa shape index (κ2) is 5.24. The molecule has 17 heavy (non-hydrogen) atoms. The van der Waals surface area contributed by atoms with Crippen LogP contribution in [0.1, 0.15) is 17.4 Å². The highest BCUT2D eigenvalue weighted by molar-refractivity contribution is 5.86. The molecule has 0 aliphatic heterocycles. The SMILES string of the molecule is CC(Nc1cncc(C(=O)O)n1)C(=O)N(C)C. The number of aromatic nitrogens is 2. The van der Waals surface area contributed by atoms with Crippen molar-refractivity contribution in [3.05, 3.63) is 18.1 Å². The summed E-state index contributed by atoms with van der Waals surface area (Å²) < 4.78 is 0. The molecule has 0 bridgehead atoms. The molecule has 1 rings (SSSR count). The number of carboxylic acids is 1. The van der Waals surface area contributed by atoms with E-state index in [0.717, 1.165) is 6.20 Å². The Morgan fingerprint density at radius 2 is 2.06 bits per heavy atom. The predicted molar refractivity (Wildman–Crippen MR) is 60.8 cm³/mol. The first-order valence-electron chi connectivity index (χ1n) is 4.95. The van der Waals surface area contributed by atoms with Gasteiger partial charge in [0.2, 0.25) is 5.91 Å². The Labute approximate surface area is 98.5 Å². The second-order valence-electron chi connectivity index (χ2n) is 3.69. The summed E-state index contributed by atoms with van der Waals surface area (Å²) >= 11 is 0. The van der Waals surface area contributed by atoms with Gasteiger partial charge in [0.05, 0.1) is 12.4 Å². The number of hydrogen-bond acceptors (Lipinski definition) is 5. The number of aromatic carboxylic acids is 1. The summed E-state index contributed by atoms with van der Waals surface area (Å²) in [5.41, 5.74) is -0.167. The van der Waals surface area contributed by atoms with E-state index in [1.54, 1.807) is 21.0 Å². The van der Waals surface area contributed by atoms with Crippen molar-refractivity contribution in [2.24, 2.45) is 0 Å². The van der Waals surface area contributed by atoms with Gasteiger partial charge in [-0.3, -0.25) is 9.78 Å². The highest BCUT2D eigenvalue weighted by Gasteiger charge is 2.15. The van der Waals surface area contributed by atoms with E-state index in [9.17, 15) is 9.59 Å². The lowest BCUT2D eigenvalue weighted by Gasteiger charge is -2.18. The highest BCUT2D eigenvalue weighted by Crippen LogP contribution is 2.05. The van der Waals surface area contributed by atoms with Crippen LogP contribution in [0.2, 0.25) is 0 Å². The third-order valence-electron chi connectivity index (χ3n) is 2.03. The Bertz CT molecular complexity index is 433. The first kappa shape index (κ1) is 12.9. The normalized spacial score (nSPS) is 11.7. The molecule has 0 spiro atoms.